The molecular formula is C17H29NO. The van der Waals surface area contributed by atoms with Gasteiger partial charge < -0.3 is 10.4 Å². The zero-order valence-electron chi connectivity index (χ0n) is 12.3. The smallest absolute Gasteiger partial charge is 0.0434 e. The van der Waals surface area contributed by atoms with Gasteiger partial charge in [-0.15, -0.1) is 0 Å². The van der Waals surface area contributed by atoms with E-state index in [4.69, 9.17) is 5.11 Å². The highest BCUT2D eigenvalue weighted by Gasteiger charge is 1.96. The SMILES string of the molecule is CCCCCCCCNc1cccc(CCCO)c1. The first-order valence-corrected chi connectivity index (χ1v) is 7.80. The second-order valence-corrected chi connectivity index (χ2v) is 5.22. The van der Waals surface area contributed by atoms with Crippen LogP contribution >= 0.6 is 0 Å². The lowest BCUT2D eigenvalue weighted by Crippen LogP contribution is -2.02. The van der Waals surface area contributed by atoms with Crippen LogP contribution in [-0.2, 0) is 6.42 Å². The highest BCUT2D eigenvalue weighted by molar-refractivity contribution is 5.45. The zero-order chi connectivity index (χ0) is 13.8. The number of benzene rings is 1. The maximum Gasteiger partial charge on any atom is 0.0434 e. The lowest BCUT2D eigenvalue weighted by Gasteiger charge is -2.08. The normalized spacial score (nSPS) is 10.6. The maximum atomic E-state index is 8.84. The van der Waals surface area contributed by atoms with Crippen molar-refractivity contribution in [1.82, 2.24) is 0 Å². The van der Waals surface area contributed by atoms with Gasteiger partial charge in [-0.3, -0.25) is 0 Å². The molecule has 0 aliphatic heterocycles. The quantitative estimate of drug-likeness (QED) is 0.581. The van der Waals surface area contributed by atoms with E-state index in [-0.39, 0.29) is 6.61 Å². The predicted octanol–water partition coefficient (Wildman–Crippen LogP) is 4.38. The highest BCUT2D eigenvalue weighted by Crippen LogP contribution is 2.13. The Morgan fingerprint density at radius 3 is 2.58 bits per heavy atom. The Morgan fingerprint density at radius 2 is 1.79 bits per heavy atom. The number of aliphatic hydroxyl groups excluding tert-OH is 1. The minimum atomic E-state index is 0.273. The van der Waals surface area contributed by atoms with Crippen molar-refractivity contribution in [2.24, 2.45) is 0 Å². The molecule has 0 aromatic heterocycles. The van der Waals surface area contributed by atoms with Crippen LogP contribution in [0.15, 0.2) is 24.3 Å². The Balaban J connectivity index is 2.14. The van der Waals surface area contributed by atoms with Gasteiger partial charge in [0.15, 0.2) is 0 Å². The highest BCUT2D eigenvalue weighted by atomic mass is 16.2. The van der Waals surface area contributed by atoms with Crippen molar-refractivity contribution in [3.8, 4) is 0 Å². The molecule has 0 heterocycles. The zero-order valence-corrected chi connectivity index (χ0v) is 12.3. The van der Waals surface area contributed by atoms with Crippen LogP contribution in [0.2, 0.25) is 0 Å². The van der Waals surface area contributed by atoms with Gasteiger partial charge in [0, 0.05) is 18.8 Å². The summed E-state index contributed by atoms with van der Waals surface area (Å²) in [4.78, 5) is 0. The van der Waals surface area contributed by atoms with Crippen molar-refractivity contribution in [1.29, 1.82) is 0 Å². The molecule has 2 heteroatoms. The average molecular weight is 263 g/mol. The minimum Gasteiger partial charge on any atom is -0.396 e. The molecule has 2 N–H and O–H groups in total. The molecule has 0 radical (unpaired) electrons. The summed E-state index contributed by atoms with van der Waals surface area (Å²) in [7, 11) is 0. The van der Waals surface area contributed by atoms with Gasteiger partial charge in [0.1, 0.15) is 0 Å². The Kier molecular flexibility index (Phi) is 9.17. The van der Waals surface area contributed by atoms with E-state index in [0.717, 1.165) is 19.4 Å². The number of anilines is 1. The molecule has 0 atom stereocenters. The summed E-state index contributed by atoms with van der Waals surface area (Å²) in [5.41, 5.74) is 2.52. The summed E-state index contributed by atoms with van der Waals surface area (Å²) in [6, 6.07) is 8.55. The molecule has 0 saturated carbocycles. The van der Waals surface area contributed by atoms with Gasteiger partial charge in [-0.05, 0) is 37.0 Å². The van der Waals surface area contributed by atoms with Crippen LogP contribution < -0.4 is 5.32 Å². The average Bonchev–Trinajstić information content (AvgIpc) is 2.44. The number of aryl methyl sites for hydroxylation is 1. The van der Waals surface area contributed by atoms with Crippen molar-refractivity contribution in [3.05, 3.63) is 29.8 Å². The molecule has 1 aromatic carbocycles. The molecular weight excluding hydrogens is 234 g/mol. The van der Waals surface area contributed by atoms with Crippen LogP contribution in [0.3, 0.4) is 0 Å². The topological polar surface area (TPSA) is 32.3 Å². The van der Waals surface area contributed by atoms with Gasteiger partial charge in [0.2, 0.25) is 0 Å². The van der Waals surface area contributed by atoms with E-state index in [2.05, 4.69) is 36.5 Å². The number of hydrogen-bond acceptors (Lipinski definition) is 2. The van der Waals surface area contributed by atoms with Gasteiger partial charge in [0.05, 0.1) is 0 Å². The standard InChI is InChI=1S/C17H29NO/c1-2-3-4-5-6-7-13-18-17-12-8-10-16(15-17)11-9-14-19/h8,10,12,15,18-19H,2-7,9,11,13-14H2,1H3. The molecule has 1 aromatic rings. The Bertz CT molecular complexity index is 325. The first-order chi connectivity index (χ1) is 9.36. The van der Waals surface area contributed by atoms with Crippen LogP contribution in [0.1, 0.15) is 57.4 Å². The van der Waals surface area contributed by atoms with E-state index < -0.39 is 0 Å². The van der Waals surface area contributed by atoms with Crippen LogP contribution in [-0.4, -0.2) is 18.3 Å². The lowest BCUT2D eigenvalue weighted by molar-refractivity contribution is 0.288. The van der Waals surface area contributed by atoms with Crippen molar-refractivity contribution in [2.45, 2.75) is 58.3 Å². The summed E-state index contributed by atoms with van der Waals surface area (Å²) in [5.74, 6) is 0. The largest absolute Gasteiger partial charge is 0.396 e. The fourth-order valence-corrected chi connectivity index (χ4v) is 2.26. The van der Waals surface area contributed by atoms with E-state index in [0.29, 0.717) is 0 Å². The molecule has 19 heavy (non-hydrogen) atoms. The summed E-state index contributed by atoms with van der Waals surface area (Å²) < 4.78 is 0. The minimum absolute atomic E-state index is 0.273. The van der Waals surface area contributed by atoms with Gasteiger partial charge in [0.25, 0.3) is 0 Å². The second-order valence-electron chi connectivity index (χ2n) is 5.22. The van der Waals surface area contributed by atoms with Gasteiger partial charge >= 0.3 is 0 Å². The van der Waals surface area contributed by atoms with Crippen LogP contribution in [0, 0.1) is 0 Å². The van der Waals surface area contributed by atoms with E-state index in [1.165, 1.54) is 49.8 Å². The molecule has 0 aliphatic carbocycles. The molecule has 1 rings (SSSR count). The summed E-state index contributed by atoms with van der Waals surface area (Å²) in [5, 5.41) is 12.3. The Labute approximate surface area is 118 Å². The van der Waals surface area contributed by atoms with E-state index in [9.17, 15) is 0 Å². The lowest BCUT2D eigenvalue weighted by atomic mass is 10.1. The van der Waals surface area contributed by atoms with Crippen molar-refractivity contribution in [2.75, 3.05) is 18.5 Å². The molecule has 0 unspecified atom stereocenters. The monoisotopic (exact) mass is 263 g/mol. The third-order valence-corrected chi connectivity index (χ3v) is 3.41. The summed E-state index contributed by atoms with van der Waals surface area (Å²) in [6.45, 7) is 3.59. The van der Waals surface area contributed by atoms with Crippen molar-refractivity contribution in [3.63, 3.8) is 0 Å². The molecule has 0 amide bonds. The van der Waals surface area contributed by atoms with E-state index in [1.807, 2.05) is 0 Å². The molecule has 2 nitrogen and oxygen atoms in total. The maximum absolute atomic E-state index is 8.84. The van der Waals surface area contributed by atoms with E-state index in [1.54, 1.807) is 0 Å². The van der Waals surface area contributed by atoms with Crippen LogP contribution in [0.4, 0.5) is 5.69 Å². The molecule has 0 aliphatic rings. The van der Waals surface area contributed by atoms with E-state index >= 15 is 0 Å². The molecule has 0 spiro atoms. The number of rotatable bonds is 11. The fourth-order valence-electron chi connectivity index (χ4n) is 2.26. The van der Waals surface area contributed by atoms with Crippen LogP contribution in [0.25, 0.3) is 0 Å². The molecule has 0 saturated heterocycles. The fraction of sp³-hybridized carbons (Fsp3) is 0.647. The third kappa shape index (κ3) is 7.89. The Morgan fingerprint density at radius 1 is 1.00 bits per heavy atom. The number of aliphatic hydroxyl groups is 1. The Hall–Kier alpha value is -1.02. The molecule has 0 bridgehead atoms. The molecule has 108 valence electrons. The first kappa shape index (κ1) is 16.0. The van der Waals surface area contributed by atoms with Crippen LogP contribution in [0.5, 0.6) is 0 Å². The first-order valence-electron chi connectivity index (χ1n) is 7.80. The van der Waals surface area contributed by atoms with Gasteiger partial charge in [-0.25, -0.2) is 0 Å². The summed E-state index contributed by atoms with van der Waals surface area (Å²) >= 11 is 0. The predicted molar refractivity (Wildman–Crippen MR) is 83.7 cm³/mol. The van der Waals surface area contributed by atoms with Gasteiger partial charge in [-0.1, -0.05) is 51.2 Å². The van der Waals surface area contributed by atoms with Gasteiger partial charge in [-0.2, -0.15) is 0 Å². The third-order valence-electron chi connectivity index (χ3n) is 3.41. The second kappa shape index (κ2) is 10.9. The number of unbranched alkanes of at least 4 members (excludes halogenated alkanes) is 5. The van der Waals surface area contributed by atoms with Crippen molar-refractivity contribution < 1.29 is 5.11 Å². The molecule has 0 fully saturated rings. The van der Waals surface area contributed by atoms with Crippen molar-refractivity contribution >= 4 is 5.69 Å². The summed E-state index contributed by atoms with van der Waals surface area (Å²) in [6.07, 6.45) is 9.84. The number of hydrogen-bond donors (Lipinski definition) is 2. The number of nitrogens with one attached hydrogen (secondary N) is 1.